The van der Waals surface area contributed by atoms with E-state index in [0.717, 1.165) is 44.2 Å². The molecule has 1 aromatic rings. The molecule has 2 fully saturated rings. The molecule has 1 aromatic carbocycles. The number of benzene rings is 1. The van der Waals surface area contributed by atoms with Crippen molar-refractivity contribution in [1.29, 1.82) is 0 Å². The molecule has 0 spiro atoms. The maximum Gasteiger partial charge on any atom is 0.227 e. The molecular weight excluding hydrogens is 284 g/mol. The third-order valence-electron chi connectivity index (χ3n) is 4.77. The van der Waals surface area contributed by atoms with Crippen molar-refractivity contribution in [3.8, 4) is 0 Å². The van der Waals surface area contributed by atoms with Gasteiger partial charge in [-0.3, -0.25) is 9.69 Å². The fourth-order valence-electron chi connectivity index (χ4n) is 3.22. The minimum absolute atomic E-state index is 0.207. The molecule has 0 unspecified atom stereocenters. The van der Waals surface area contributed by atoms with Crippen LogP contribution in [0.2, 0.25) is 5.02 Å². The molecule has 1 saturated carbocycles. The Balaban J connectivity index is 1.56. The van der Waals surface area contributed by atoms with E-state index in [2.05, 4.69) is 4.90 Å². The smallest absolute Gasteiger partial charge is 0.227 e. The van der Waals surface area contributed by atoms with E-state index in [4.69, 9.17) is 11.6 Å². The van der Waals surface area contributed by atoms with E-state index in [1.807, 2.05) is 29.2 Å². The fourth-order valence-corrected chi connectivity index (χ4v) is 3.42. The Morgan fingerprint density at radius 2 is 1.90 bits per heavy atom. The molecule has 1 aliphatic carbocycles. The lowest BCUT2D eigenvalue weighted by molar-refractivity contribution is -0.130. The highest BCUT2D eigenvalue weighted by atomic mass is 35.5. The van der Waals surface area contributed by atoms with Crippen molar-refractivity contribution >= 4 is 17.5 Å². The number of hydrogen-bond donors (Lipinski definition) is 0. The molecule has 2 aliphatic rings. The van der Waals surface area contributed by atoms with Gasteiger partial charge in [-0.05, 0) is 30.9 Å². The van der Waals surface area contributed by atoms with E-state index in [0.29, 0.717) is 11.4 Å². The number of carbonyl (C=O) groups excluding carboxylic acids is 1. The van der Waals surface area contributed by atoms with E-state index in [9.17, 15) is 4.79 Å². The molecule has 114 valence electrons. The third-order valence-corrected chi connectivity index (χ3v) is 5.14. The summed E-state index contributed by atoms with van der Waals surface area (Å²) in [5.41, 5.74) is 0.935. The van der Waals surface area contributed by atoms with Gasteiger partial charge in [-0.1, -0.05) is 36.2 Å². The van der Waals surface area contributed by atoms with Gasteiger partial charge in [0.2, 0.25) is 5.91 Å². The van der Waals surface area contributed by atoms with E-state index in [1.165, 1.54) is 19.3 Å². The van der Waals surface area contributed by atoms with Gasteiger partial charge < -0.3 is 4.90 Å². The Morgan fingerprint density at radius 1 is 1.10 bits per heavy atom. The van der Waals surface area contributed by atoms with Crippen LogP contribution in [0.15, 0.2) is 24.3 Å². The second-order valence-corrected chi connectivity index (χ2v) is 6.53. The molecule has 0 N–H and O–H groups in total. The van der Waals surface area contributed by atoms with Gasteiger partial charge in [0.1, 0.15) is 0 Å². The average molecular weight is 307 g/mol. The van der Waals surface area contributed by atoms with Crippen LogP contribution in [-0.2, 0) is 11.2 Å². The van der Waals surface area contributed by atoms with Crippen LogP contribution in [0.3, 0.4) is 0 Å². The molecular formula is C17H23ClN2O. The van der Waals surface area contributed by atoms with Crippen LogP contribution in [0.5, 0.6) is 0 Å². The number of halogens is 1. The fraction of sp³-hybridized carbons (Fsp3) is 0.588. The highest BCUT2D eigenvalue weighted by Crippen LogP contribution is 2.25. The molecule has 1 aliphatic heterocycles. The SMILES string of the molecule is O=C(Cc1ccccc1Cl)N1CCCN(C2CCC2)CC1. The van der Waals surface area contributed by atoms with Crippen molar-refractivity contribution < 1.29 is 4.79 Å². The van der Waals surface area contributed by atoms with Crippen LogP contribution in [-0.4, -0.2) is 47.9 Å². The lowest BCUT2D eigenvalue weighted by Gasteiger charge is -2.36. The van der Waals surface area contributed by atoms with Crippen LogP contribution in [0, 0.1) is 0 Å². The first-order valence-electron chi connectivity index (χ1n) is 7.99. The minimum Gasteiger partial charge on any atom is -0.341 e. The van der Waals surface area contributed by atoms with Crippen LogP contribution in [0.4, 0.5) is 0 Å². The summed E-state index contributed by atoms with van der Waals surface area (Å²) in [6, 6.07) is 8.42. The molecule has 1 heterocycles. The van der Waals surface area contributed by atoms with Gasteiger partial charge in [-0.15, -0.1) is 0 Å². The second kappa shape index (κ2) is 6.80. The first-order valence-corrected chi connectivity index (χ1v) is 8.37. The number of carbonyl (C=O) groups is 1. The van der Waals surface area contributed by atoms with Crippen LogP contribution in [0.1, 0.15) is 31.2 Å². The molecule has 3 nitrogen and oxygen atoms in total. The molecule has 0 aromatic heterocycles. The Morgan fingerprint density at radius 3 is 2.62 bits per heavy atom. The predicted molar refractivity (Wildman–Crippen MR) is 85.6 cm³/mol. The van der Waals surface area contributed by atoms with Gasteiger partial charge >= 0.3 is 0 Å². The van der Waals surface area contributed by atoms with Gasteiger partial charge in [-0.2, -0.15) is 0 Å². The number of hydrogen-bond acceptors (Lipinski definition) is 2. The van der Waals surface area contributed by atoms with Gasteiger partial charge in [0.05, 0.1) is 6.42 Å². The molecule has 21 heavy (non-hydrogen) atoms. The minimum atomic E-state index is 0.207. The Kier molecular flexibility index (Phi) is 4.81. The maximum absolute atomic E-state index is 12.5. The summed E-state index contributed by atoms with van der Waals surface area (Å²) in [5.74, 6) is 0.207. The summed E-state index contributed by atoms with van der Waals surface area (Å²) in [7, 11) is 0. The molecule has 1 saturated heterocycles. The summed E-state index contributed by atoms with van der Waals surface area (Å²) < 4.78 is 0. The van der Waals surface area contributed by atoms with Gasteiger partial charge in [0, 0.05) is 37.2 Å². The quantitative estimate of drug-likeness (QED) is 0.857. The lowest BCUT2D eigenvalue weighted by Crippen LogP contribution is -2.43. The number of nitrogens with zero attached hydrogens (tertiary/aromatic N) is 2. The topological polar surface area (TPSA) is 23.6 Å². The van der Waals surface area contributed by atoms with Gasteiger partial charge in [0.25, 0.3) is 0 Å². The molecule has 4 heteroatoms. The van der Waals surface area contributed by atoms with Crippen LogP contribution >= 0.6 is 11.6 Å². The zero-order valence-electron chi connectivity index (χ0n) is 12.4. The van der Waals surface area contributed by atoms with Crippen molar-refractivity contribution in [2.24, 2.45) is 0 Å². The lowest BCUT2D eigenvalue weighted by atomic mass is 9.91. The number of amides is 1. The largest absolute Gasteiger partial charge is 0.341 e. The van der Waals surface area contributed by atoms with Crippen LogP contribution < -0.4 is 0 Å². The zero-order valence-corrected chi connectivity index (χ0v) is 13.2. The monoisotopic (exact) mass is 306 g/mol. The summed E-state index contributed by atoms with van der Waals surface area (Å²) >= 11 is 6.15. The van der Waals surface area contributed by atoms with Gasteiger partial charge in [0.15, 0.2) is 0 Å². The van der Waals surface area contributed by atoms with E-state index in [-0.39, 0.29) is 5.91 Å². The maximum atomic E-state index is 12.5. The number of rotatable bonds is 3. The first-order chi connectivity index (χ1) is 10.2. The summed E-state index contributed by atoms with van der Waals surface area (Å²) in [6.45, 7) is 3.91. The Labute approximate surface area is 131 Å². The molecule has 0 radical (unpaired) electrons. The second-order valence-electron chi connectivity index (χ2n) is 6.12. The van der Waals surface area contributed by atoms with E-state index >= 15 is 0 Å². The van der Waals surface area contributed by atoms with E-state index in [1.54, 1.807) is 0 Å². The summed E-state index contributed by atoms with van der Waals surface area (Å²) in [5, 5.41) is 0.691. The summed E-state index contributed by atoms with van der Waals surface area (Å²) in [6.07, 6.45) is 5.56. The standard InChI is InChI=1S/C17H23ClN2O/c18-16-8-2-1-5-14(16)13-17(21)20-10-4-9-19(11-12-20)15-6-3-7-15/h1-2,5,8,15H,3-4,6-7,9-13H2. The highest BCUT2D eigenvalue weighted by Gasteiger charge is 2.27. The Hall–Kier alpha value is -1.06. The van der Waals surface area contributed by atoms with Crippen molar-refractivity contribution in [1.82, 2.24) is 9.80 Å². The van der Waals surface area contributed by atoms with Gasteiger partial charge in [-0.25, -0.2) is 0 Å². The Bertz CT molecular complexity index is 501. The molecule has 0 bridgehead atoms. The molecule has 0 atom stereocenters. The predicted octanol–water partition coefficient (Wildman–Crippen LogP) is 2.97. The van der Waals surface area contributed by atoms with Crippen molar-refractivity contribution in [2.45, 2.75) is 38.1 Å². The summed E-state index contributed by atoms with van der Waals surface area (Å²) in [4.78, 5) is 17.1. The zero-order chi connectivity index (χ0) is 14.7. The third kappa shape index (κ3) is 3.58. The molecule has 3 rings (SSSR count). The first kappa shape index (κ1) is 14.9. The normalized spacial score (nSPS) is 20.9. The average Bonchev–Trinajstić information content (AvgIpc) is 2.65. The van der Waals surface area contributed by atoms with Crippen molar-refractivity contribution in [3.05, 3.63) is 34.9 Å². The van der Waals surface area contributed by atoms with E-state index < -0.39 is 0 Å². The highest BCUT2D eigenvalue weighted by molar-refractivity contribution is 6.31. The van der Waals surface area contributed by atoms with Crippen LogP contribution in [0.25, 0.3) is 0 Å². The van der Waals surface area contributed by atoms with Crippen molar-refractivity contribution in [2.75, 3.05) is 26.2 Å². The van der Waals surface area contributed by atoms with Crippen molar-refractivity contribution in [3.63, 3.8) is 0 Å². The molecule has 1 amide bonds.